The SMILES string of the molecule is CC.CC.CC(C)CC(C)c1cccc2c(OC(C)c3ccccc3)cccc12. The molecule has 158 valence electrons. The Morgan fingerprint density at radius 3 is 1.86 bits per heavy atom. The highest BCUT2D eigenvalue weighted by atomic mass is 16.5. The quantitative estimate of drug-likeness (QED) is 0.406. The first-order valence-corrected chi connectivity index (χ1v) is 11.3. The fourth-order valence-corrected chi connectivity index (χ4v) is 3.65. The van der Waals surface area contributed by atoms with Crippen LogP contribution >= 0.6 is 0 Å². The zero-order valence-corrected chi connectivity index (χ0v) is 19.7. The summed E-state index contributed by atoms with van der Waals surface area (Å²) in [6, 6.07) is 23.4. The Balaban J connectivity index is 0.000000989. The number of fused-ring (bicyclic) bond motifs is 1. The summed E-state index contributed by atoms with van der Waals surface area (Å²) < 4.78 is 6.33. The standard InChI is InChI=1S/C24H28O.2C2H6/c1-17(2)16-18(3)21-12-8-14-23-22(21)13-9-15-24(23)25-19(4)20-10-6-5-7-11-20;2*1-2/h5-15,17-19H,16H2,1-4H3;2*1-2H3. The minimum atomic E-state index is 0.0311. The molecule has 0 bridgehead atoms. The molecule has 0 radical (unpaired) electrons. The van der Waals surface area contributed by atoms with Gasteiger partial charge >= 0.3 is 0 Å². The van der Waals surface area contributed by atoms with Gasteiger partial charge in [-0.05, 0) is 47.8 Å². The summed E-state index contributed by atoms with van der Waals surface area (Å²) in [6.07, 6.45) is 1.23. The van der Waals surface area contributed by atoms with Gasteiger partial charge in [-0.2, -0.15) is 0 Å². The maximum atomic E-state index is 6.33. The van der Waals surface area contributed by atoms with Crippen LogP contribution in [0.3, 0.4) is 0 Å². The van der Waals surface area contributed by atoms with E-state index < -0.39 is 0 Å². The maximum absolute atomic E-state index is 6.33. The minimum absolute atomic E-state index is 0.0311. The molecule has 2 atom stereocenters. The lowest BCUT2D eigenvalue weighted by molar-refractivity contribution is 0.230. The van der Waals surface area contributed by atoms with Crippen molar-refractivity contribution in [2.75, 3.05) is 0 Å². The molecule has 0 aliphatic rings. The van der Waals surface area contributed by atoms with Gasteiger partial charge in [0.1, 0.15) is 11.9 Å². The summed E-state index contributed by atoms with van der Waals surface area (Å²) in [4.78, 5) is 0. The topological polar surface area (TPSA) is 9.23 Å². The highest BCUT2D eigenvalue weighted by Crippen LogP contribution is 2.35. The summed E-state index contributed by atoms with van der Waals surface area (Å²) in [5.74, 6) is 2.21. The zero-order chi connectivity index (χ0) is 21.8. The van der Waals surface area contributed by atoms with Gasteiger partial charge in [-0.3, -0.25) is 0 Å². The van der Waals surface area contributed by atoms with E-state index in [9.17, 15) is 0 Å². The molecule has 0 saturated carbocycles. The van der Waals surface area contributed by atoms with Crippen LogP contribution in [0.25, 0.3) is 10.8 Å². The third-order valence-corrected chi connectivity index (χ3v) is 4.84. The summed E-state index contributed by atoms with van der Waals surface area (Å²) >= 11 is 0. The molecule has 0 heterocycles. The summed E-state index contributed by atoms with van der Waals surface area (Å²) in [6.45, 7) is 17.0. The molecule has 0 aliphatic carbocycles. The van der Waals surface area contributed by atoms with Gasteiger partial charge in [-0.15, -0.1) is 0 Å². The van der Waals surface area contributed by atoms with Gasteiger partial charge in [0.05, 0.1) is 0 Å². The van der Waals surface area contributed by atoms with Crippen LogP contribution in [0.2, 0.25) is 0 Å². The van der Waals surface area contributed by atoms with Crippen molar-refractivity contribution in [3.8, 4) is 5.75 Å². The summed E-state index contributed by atoms with van der Waals surface area (Å²) in [7, 11) is 0. The van der Waals surface area contributed by atoms with E-state index in [0.717, 1.165) is 5.75 Å². The Morgan fingerprint density at radius 2 is 1.24 bits per heavy atom. The van der Waals surface area contributed by atoms with Crippen LogP contribution in [0.4, 0.5) is 0 Å². The Morgan fingerprint density at radius 1 is 0.655 bits per heavy atom. The number of rotatable bonds is 6. The van der Waals surface area contributed by atoms with Crippen molar-refractivity contribution in [1.82, 2.24) is 0 Å². The van der Waals surface area contributed by atoms with E-state index in [1.807, 2.05) is 33.8 Å². The van der Waals surface area contributed by atoms with E-state index >= 15 is 0 Å². The Labute approximate surface area is 179 Å². The number of benzene rings is 3. The van der Waals surface area contributed by atoms with E-state index in [4.69, 9.17) is 4.74 Å². The molecular weight excluding hydrogens is 352 g/mol. The molecule has 3 aromatic rings. The zero-order valence-electron chi connectivity index (χ0n) is 19.7. The van der Waals surface area contributed by atoms with Crippen LogP contribution in [-0.2, 0) is 0 Å². The van der Waals surface area contributed by atoms with Crippen LogP contribution in [-0.4, -0.2) is 0 Å². The van der Waals surface area contributed by atoms with Crippen molar-refractivity contribution < 1.29 is 4.74 Å². The maximum Gasteiger partial charge on any atom is 0.128 e. The lowest BCUT2D eigenvalue weighted by Gasteiger charge is -2.20. The average molecular weight is 393 g/mol. The first-order chi connectivity index (χ1) is 14.1. The highest BCUT2D eigenvalue weighted by molar-refractivity contribution is 5.91. The summed E-state index contributed by atoms with van der Waals surface area (Å²) in [5.41, 5.74) is 2.62. The van der Waals surface area contributed by atoms with Crippen LogP contribution in [0.15, 0.2) is 66.7 Å². The Kier molecular flexibility index (Phi) is 11.1. The van der Waals surface area contributed by atoms with E-state index in [2.05, 4.69) is 88.4 Å². The lowest BCUT2D eigenvalue weighted by atomic mass is 9.88. The van der Waals surface area contributed by atoms with Crippen LogP contribution in [0.5, 0.6) is 5.75 Å². The average Bonchev–Trinajstić information content (AvgIpc) is 2.76. The molecular formula is C28H40O. The van der Waals surface area contributed by atoms with Crippen molar-refractivity contribution in [1.29, 1.82) is 0 Å². The first kappa shape index (κ1) is 24.8. The second-order valence-electron chi connectivity index (χ2n) is 7.40. The van der Waals surface area contributed by atoms with Gasteiger partial charge in [0, 0.05) is 5.39 Å². The molecule has 0 fully saturated rings. The van der Waals surface area contributed by atoms with Crippen molar-refractivity contribution in [3.63, 3.8) is 0 Å². The second-order valence-corrected chi connectivity index (χ2v) is 7.40. The van der Waals surface area contributed by atoms with Gasteiger partial charge in [-0.25, -0.2) is 0 Å². The third-order valence-electron chi connectivity index (χ3n) is 4.84. The molecule has 1 heteroatoms. The van der Waals surface area contributed by atoms with Gasteiger partial charge in [0.25, 0.3) is 0 Å². The van der Waals surface area contributed by atoms with Gasteiger partial charge < -0.3 is 4.74 Å². The number of hydrogen-bond acceptors (Lipinski definition) is 1. The predicted molar refractivity (Wildman–Crippen MR) is 130 cm³/mol. The smallest absolute Gasteiger partial charge is 0.128 e. The Hall–Kier alpha value is -2.28. The molecule has 0 N–H and O–H groups in total. The largest absolute Gasteiger partial charge is 0.485 e. The van der Waals surface area contributed by atoms with Crippen molar-refractivity contribution >= 4 is 10.8 Å². The molecule has 0 aliphatic heterocycles. The predicted octanol–water partition coefficient (Wildman–Crippen LogP) is 9.18. The third kappa shape index (κ3) is 6.92. The van der Waals surface area contributed by atoms with E-state index in [1.165, 1.54) is 28.3 Å². The van der Waals surface area contributed by atoms with Gasteiger partial charge in [0.2, 0.25) is 0 Å². The lowest BCUT2D eigenvalue weighted by Crippen LogP contribution is -2.04. The second kappa shape index (κ2) is 13.0. The molecule has 3 rings (SSSR count). The highest BCUT2D eigenvalue weighted by Gasteiger charge is 2.14. The van der Waals surface area contributed by atoms with E-state index in [0.29, 0.717) is 11.8 Å². The monoisotopic (exact) mass is 392 g/mol. The first-order valence-electron chi connectivity index (χ1n) is 11.3. The molecule has 2 unspecified atom stereocenters. The van der Waals surface area contributed by atoms with E-state index in [1.54, 1.807) is 0 Å². The normalized spacial score (nSPS) is 12.3. The van der Waals surface area contributed by atoms with Crippen molar-refractivity contribution in [2.45, 2.75) is 73.8 Å². The fraction of sp³-hybridized carbons (Fsp3) is 0.429. The molecule has 3 aromatic carbocycles. The molecule has 0 spiro atoms. The molecule has 0 amide bonds. The van der Waals surface area contributed by atoms with Gasteiger partial charge in [0.15, 0.2) is 0 Å². The molecule has 0 saturated heterocycles. The molecule has 0 aromatic heterocycles. The number of ether oxygens (including phenoxy) is 1. The van der Waals surface area contributed by atoms with Crippen LogP contribution in [0, 0.1) is 5.92 Å². The van der Waals surface area contributed by atoms with Gasteiger partial charge in [-0.1, -0.05) is 109 Å². The Bertz CT molecular complexity index is 820. The fourth-order valence-electron chi connectivity index (χ4n) is 3.65. The van der Waals surface area contributed by atoms with Crippen molar-refractivity contribution in [2.24, 2.45) is 5.92 Å². The summed E-state index contributed by atoms with van der Waals surface area (Å²) in [5, 5.41) is 2.52. The number of hydrogen-bond donors (Lipinski definition) is 0. The minimum Gasteiger partial charge on any atom is -0.485 e. The molecule has 29 heavy (non-hydrogen) atoms. The van der Waals surface area contributed by atoms with Crippen molar-refractivity contribution in [3.05, 3.63) is 77.9 Å². The van der Waals surface area contributed by atoms with Crippen LogP contribution in [0.1, 0.15) is 85.0 Å². The van der Waals surface area contributed by atoms with Crippen LogP contribution < -0.4 is 4.74 Å². The van der Waals surface area contributed by atoms with E-state index in [-0.39, 0.29) is 6.10 Å². The molecule has 1 nitrogen and oxygen atoms in total.